The zero-order valence-electron chi connectivity index (χ0n) is 9.33. The molecular formula is C13H19NO. The van der Waals surface area contributed by atoms with Crippen LogP contribution in [0, 0.1) is 5.92 Å². The van der Waals surface area contributed by atoms with E-state index in [0.717, 1.165) is 24.6 Å². The van der Waals surface area contributed by atoms with Crippen LogP contribution in [0.2, 0.25) is 0 Å². The van der Waals surface area contributed by atoms with Gasteiger partial charge in [0.2, 0.25) is 0 Å². The third-order valence-corrected chi connectivity index (χ3v) is 3.10. The van der Waals surface area contributed by atoms with E-state index in [1.807, 2.05) is 12.1 Å². The molecule has 1 atom stereocenters. The van der Waals surface area contributed by atoms with Crippen molar-refractivity contribution >= 4 is 0 Å². The maximum atomic E-state index is 5.37. The molecule has 1 aliphatic heterocycles. The van der Waals surface area contributed by atoms with Crippen molar-refractivity contribution in [3.63, 3.8) is 0 Å². The minimum absolute atomic E-state index is 0.773. The summed E-state index contributed by atoms with van der Waals surface area (Å²) in [7, 11) is 1.75. The smallest absolute Gasteiger partial charge is 0.122 e. The third kappa shape index (κ3) is 2.72. The highest BCUT2D eigenvalue weighted by Gasteiger charge is 2.15. The van der Waals surface area contributed by atoms with Gasteiger partial charge in [-0.2, -0.15) is 0 Å². The summed E-state index contributed by atoms with van der Waals surface area (Å²) in [5.41, 5.74) is 1.34. The van der Waals surface area contributed by atoms with Crippen LogP contribution in [-0.2, 0) is 6.42 Å². The quantitative estimate of drug-likeness (QED) is 0.817. The van der Waals surface area contributed by atoms with Crippen LogP contribution in [0.3, 0.4) is 0 Å². The van der Waals surface area contributed by atoms with E-state index >= 15 is 0 Å². The number of nitrogens with one attached hydrogen (secondary N) is 1. The number of hydrogen-bond acceptors (Lipinski definition) is 2. The fraction of sp³-hybridized carbons (Fsp3) is 0.538. The fourth-order valence-corrected chi connectivity index (χ4v) is 2.28. The molecule has 1 aromatic rings. The van der Waals surface area contributed by atoms with Gasteiger partial charge in [-0.15, -0.1) is 0 Å². The molecular weight excluding hydrogens is 186 g/mol. The molecule has 0 radical (unpaired) electrons. The Labute approximate surface area is 91.6 Å². The molecule has 82 valence electrons. The lowest BCUT2D eigenvalue weighted by Gasteiger charge is -2.23. The number of benzene rings is 1. The van der Waals surface area contributed by atoms with Crippen LogP contribution < -0.4 is 10.1 Å². The van der Waals surface area contributed by atoms with E-state index in [2.05, 4.69) is 17.4 Å². The first kappa shape index (κ1) is 10.5. The molecule has 0 aliphatic carbocycles. The normalized spacial score (nSPS) is 21.3. The van der Waals surface area contributed by atoms with Crippen LogP contribution in [0.25, 0.3) is 0 Å². The topological polar surface area (TPSA) is 21.3 Å². The van der Waals surface area contributed by atoms with Crippen molar-refractivity contribution in [2.24, 2.45) is 5.92 Å². The second-order valence-corrected chi connectivity index (χ2v) is 4.23. The second kappa shape index (κ2) is 5.17. The van der Waals surface area contributed by atoms with Gasteiger partial charge in [-0.25, -0.2) is 0 Å². The second-order valence-electron chi connectivity index (χ2n) is 4.23. The number of methoxy groups -OCH3 is 1. The van der Waals surface area contributed by atoms with Crippen molar-refractivity contribution in [3.8, 4) is 5.75 Å². The molecule has 2 heteroatoms. The summed E-state index contributed by atoms with van der Waals surface area (Å²) < 4.78 is 5.37. The first-order valence-electron chi connectivity index (χ1n) is 5.73. The van der Waals surface area contributed by atoms with Gasteiger partial charge in [0, 0.05) is 0 Å². The molecule has 0 amide bonds. The van der Waals surface area contributed by atoms with Crippen molar-refractivity contribution in [2.75, 3.05) is 20.2 Å². The van der Waals surface area contributed by atoms with E-state index in [0.29, 0.717) is 0 Å². The zero-order chi connectivity index (χ0) is 10.5. The Bertz CT molecular complexity index is 305. The van der Waals surface area contributed by atoms with E-state index in [4.69, 9.17) is 4.74 Å². The lowest BCUT2D eigenvalue weighted by molar-refractivity contribution is 0.364. The lowest BCUT2D eigenvalue weighted by Crippen LogP contribution is -2.30. The monoisotopic (exact) mass is 205 g/mol. The van der Waals surface area contributed by atoms with Gasteiger partial charge in [-0.3, -0.25) is 0 Å². The Kier molecular flexibility index (Phi) is 3.62. The fourth-order valence-electron chi connectivity index (χ4n) is 2.28. The summed E-state index contributed by atoms with van der Waals surface area (Å²) in [6, 6.07) is 8.34. The molecule has 1 saturated heterocycles. The summed E-state index contributed by atoms with van der Waals surface area (Å²) in [6.45, 7) is 2.33. The molecule has 1 N–H and O–H groups in total. The average Bonchev–Trinajstić information content (AvgIpc) is 2.31. The average molecular weight is 205 g/mol. The Morgan fingerprint density at radius 2 is 2.27 bits per heavy atom. The number of rotatable bonds is 3. The predicted octanol–water partition coefficient (Wildman–Crippen LogP) is 2.24. The van der Waals surface area contributed by atoms with Crippen molar-refractivity contribution in [3.05, 3.63) is 29.8 Å². The molecule has 0 unspecified atom stereocenters. The summed E-state index contributed by atoms with van der Waals surface area (Å²) in [6.07, 6.45) is 3.78. The van der Waals surface area contributed by atoms with Gasteiger partial charge in [-0.1, -0.05) is 18.2 Å². The predicted molar refractivity (Wildman–Crippen MR) is 62.3 cm³/mol. The summed E-state index contributed by atoms with van der Waals surface area (Å²) in [5.74, 6) is 1.80. The van der Waals surface area contributed by atoms with Gasteiger partial charge < -0.3 is 10.1 Å². The number of piperidine rings is 1. The zero-order valence-corrected chi connectivity index (χ0v) is 9.33. The van der Waals surface area contributed by atoms with Gasteiger partial charge in [0.25, 0.3) is 0 Å². The van der Waals surface area contributed by atoms with Crippen LogP contribution in [0.5, 0.6) is 5.75 Å². The maximum Gasteiger partial charge on any atom is 0.122 e. The molecule has 1 aromatic carbocycles. The maximum absolute atomic E-state index is 5.37. The number of hydrogen-bond donors (Lipinski definition) is 1. The SMILES string of the molecule is COc1ccccc1C[C@H]1CCCNC1. The third-order valence-electron chi connectivity index (χ3n) is 3.10. The largest absolute Gasteiger partial charge is 0.496 e. The van der Waals surface area contributed by atoms with Crippen molar-refractivity contribution in [2.45, 2.75) is 19.3 Å². The number of ether oxygens (including phenoxy) is 1. The Morgan fingerprint density at radius 1 is 1.40 bits per heavy atom. The van der Waals surface area contributed by atoms with E-state index < -0.39 is 0 Å². The van der Waals surface area contributed by atoms with Crippen molar-refractivity contribution < 1.29 is 4.74 Å². The van der Waals surface area contributed by atoms with E-state index in [1.165, 1.54) is 24.9 Å². The van der Waals surface area contributed by atoms with Crippen molar-refractivity contribution in [1.82, 2.24) is 5.32 Å². The Hall–Kier alpha value is -1.02. The minimum atomic E-state index is 0.773. The number of para-hydroxylation sites is 1. The van der Waals surface area contributed by atoms with E-state index in [9.17, 15) is 0 Å². The molecule has 0 aromatic heterocycles. The van der Waals surface area contributed by atoms with Gasteiger partial charge >= 0.3 is 0 Å². The van der Waals surface area contributed by atoms with Gasteiger partial charge in [0.15, 0.2) is 0 Å². The molecule has 2 rings (SSSR count). The standard InChI is InChI=1S/C13H19NO/c1-15-13-7-3-2-6-12(13)9-11-5-4-8-14-10-11/h2-3,6-7,11,14H,4-5,8-10H2,1H3/t11-/m1/s1. The molecule has 0 bridgehead atoms. The first-order valence-corrected chi connectivity index (χ1v) is 5.73. The van der Waals surface area contributed by atoms with Gasteiger partial charge in [0.05, 0.1) is 7.11 Å². The van der Waals surface area contributed by atoms with Crippen molar-refractivity contribution in [1.29, 1.82) is 0 Å². The molecule has 2 nitrogen and oxygen atoms in total. The molecule has 15 heavy (non-hydrogen) atoms. The molecule has 0 saturated carbocycles. The van der Waals surface area contributed by atoms with Gasteiger partial charge in [0.1, 0.15) is 5.75 Å². The highest BCUT2D eigenvalue weighted by Crippen LogP contribution is 2.23. The highest BCUT2D eigenvalue weighted by molar-refractivity contribution is 5.33. The molecule has 1 fully saturated rings. The van der Waals surface area contributed by atoms with Crippen LogP contribution in [0.4, 0.5) is 0 Å². The lowest BCUT2D eigenvalue weighted by atomic mass is 9.92. The molecule has 1 aliphatic rings. The first-order chi connectivity index (χ1) is 7.40. The van der Waals surface area contributed by atoms with Gasteiger partial charge in [-0.05, 0) is 49.9 Å². The summed E-state index contributed by atoms with van der Waals surface area (Å²) in [4.78, 5) is 0. The van der Waals surface area contributed by atoms with Crippen LogP contribution in [0.1, 0.15) is 18.4 Å². The van der Waals surface area contributed by atoms with Crippen LogP contribution in [-0.4, -0.2) is 20.2 Å². The Balaban J connectivity index is 2.02. The molecule has 1 heterocycles. The highest BCUT2D eigenvalue weighted by atomic mass is 16.5. The van der Waals surface area contributed by atoms with Crippen LogP contribution >= 0.6 is 0 Å². The molecule has 0 spiro atoms. The van der Waals surface area contributed by atoms with E-state index in [-0.39, 0.29) is 0 Å². The summed E-state index contributed by atoms with van der Waals surface area (Å²) >= 11 is 0. The summed E-state index contributed by atoms with van der Waals surface area (Å²) in [5, 5.41) is 3.45. The minimum Gasteiger partial charge on any atom is -0.496 e. The Morgan fingerprint density at radius 3 is 3.00 bits per heavy atom. The van der Waals surface area contributed by atoms with Crippen LogP contribution in [0.15, 0.2) is 24.3 Å². The van der Waals surface area contributed by atoms with E-state index in [1.54, 1.807) is 7.11 Å².